The summed E-state index contributed by atoms with van der Waals surface area (Å²) < 4.78 is 5.56. The van der Waals surface area contributed by atoms with Gasteiger partial charge in [0.25, 0.3) is 0 Å². The third-order valence-electron chi connectivity index (χ3n) is 6.79. The summed E-state index contributed by atoms with van der Waals surface area (Å²) in [5.74, 6) is 0.108. The summed E-state index contributed by atoms with van der Waals surface area (Å²) in [6.07, 6.45) is 6.25. The van der Waals surface area contributed by atoms with Crippen molar-refractivity contribution in [2.75, 3.05) is 5.32 Å². The summed E-state index contributed by atoms with van der Waals surface area (Å²) in [7, 11) is 0. The van der Waals surface area contributed by atoms with E-state index in [1.54, 1.807) is 17.2 Å². The van der Waals surface area contributed by atoms with Crippen LogP contribution in [0.5, 0.6) is 0 Å². The molecule has 0 unspecified atom stereocenters. The molecule has 2 fully saturated rings. The van der Waals surface area contributed by atoms with Crippen LogP contribution in [0.2, 0.25) is 0 Å². The van der Waals surface area contributed by atoms with Gasteiger partial charge in [-0.3, -0.25) is 14.4 Å². The van der Waals surface area contributed by atoms with Crippen LogP contribution in [0.4, 0.5) is 5.69 Å². The standard InChI is InChI=1S/C25H31N3O4/c1-17-8-6-9-18(2)22(17)27-24(31)25(13-4-3-5-14-25)28(16-19-10-7-15-32-19)23(30)20-11-12-21(29)26-20/h6-10,15,20H,3-5,11-14,16H2,1-2H3,(H,26,29)(H,27,31)/t20-/m0/s1. The number of benzene rings is 1. The number of rotatable bonds is 6. The van der Waals surface area contributed by atoms with E-state index >= 15 is 0 Å². The Hall–Kier alpha value is -3.09. The van der Waals surface area contributed by atoms with Gasteiger partial charge in [0, 0.05) is 12.1 Å². The zero-order valence-electron chi connectivity index (χ0n) is 18.8. The number of furan rings is 1. The van der Waals surface area contributed by atoms with Gasteiger partial charge < -0.3 is 20.0 Å². The maximum Gasteiger partial charge on any atom is 0.250 e. The summed E-state index contributed by atoms with van der Waals surface area (Å²) in [5, 5.41) is 5.94. The highest BCUT2D eigenvalue weighted by atomic mass is 16.3. The van der Waals surface area contributed by atoms with Crippen LogP contribution in [0.1, 0.15) is 61.8 Å². The number of carbonyl (C=O) groups excluding carboxylic acids is 3. The van der Waals surface area contributed by atoms with E-state index < -0.39 is 11.6 Å². The molecule has 7 nitrogen and oxygen atoms in total. The minimum Gasteiger partial charge on any atom is -0.467 e. The molecule has 4 rings (SSSR count). The fraction of sp³-hybridized carbons (Fsp3) is 0.480. The molecule has 0 radical (unpaired) electrons. The average Bonchev–Trinajstić information content (AvgIpc) is 3.46. The molecule has 3 amide bonds. The van der Waals surface area contributed by atoms with Crippen molar-refractivity contribution >= 4 is 23.4 Å². The number of aryl methyl sites for hydroxylation is 2. The predicted molar refractivity (Wildman–Crippen MR) is 121 cm³/mol. The summed E-state index contributed by atoms with van der Waals surface area (Å²) in [5.41, 5.74) is 1.76. The molecule has 2 heterocycles. The van der Waals surface area contributed by atoms with Gasteiger partial charge in [0.15, 0.2) is 0 Å². The monoisotopic (exact) mass is 437 g/mol. The SMILES string of the molecule is Cc1cccc(C)c1NC(=O)C1(N(Cc2ccco2)C(=O)[C@@H]2CCC(=O)N2)CCCCC1. The second-order valence-corrected chi connectivity index (χ2v) is 8.98. The van der Waals surface area contributed by atoms with E-state index in [0.29, 0.717) is 31.4 Å². The van der Waals surface area contributed by atoms with Crippen LogP contribution >= 0.6 is 0 Å². The van der Waals surface area contributed by atoms with Crippen molar-refractivity contribution in [1.29, 1.82) is 0 Å². The highest BCUT2D eigenvalue weighted by Gasteiger charge is 2.49. The fourth-order valence-corrected chi connectivity index (χ4v) is 4.98. The maximum atomic E-state index is 13.9. The van der Waals surface area contributed by atoms with Crippen molar-refractivity contribution in [1.82, 2.24) is 10.2 Å². The van der Waals surface area contributed by atoms with Crippen molar-refractivity contribution in [2.45, 2.75) is 76.9 Å². The molecule has 2 aliphatic rings. The Bertz CT molecular complexity index is 972. The van der Waals surface area contributed by atoms with Gasteiger partial charge in [-0.2, -0.15) is 0 Å². The Kier molecular flexibility index (Phi) is 6.35. The molecule has 1 atom stereocenters. The predicted octanol–water partition coefficient (Wildman–Crippen LogP) is 3.85. The van der Waals surface area contributed by atoms with Gasteiger partial charge >= 0.3 is 0 Å². The minimum atomic E-state index is -0.996. The first-order valence-electron chi connectivity index (χ1n) is 11.4. The molecule has 0 spiro atoms. The number of para-hydroxylation sites is 1. The smallest absolute Gasteiger partial charge is 0.250 e. The van der Waals surface area contributed by atoms with Gasteiger partial charge in [-0.15, -0.1) is 0 Å². The van der Waals surface area contributed by atoms with Crippen LogP contribution in [-0.2, 0) is 20.9 Å². The molecule has 32 heavy (non-hydrogen) atoms. The number of carbonyl (C=O) groups is 3. The quantitative estimate of drug-likeness (QED) is 0.718. The van der Waals surface area contributed by atoms with Crippen molar-refractivity contribution in [3.05, 3.63) is 53.5 Å². The number of hydrogen-bond donors (Lipinski definition) is 2. The molecule has 2 aromatic rings. The van der Waals surface area contributed by atoms with Gasteiger partial charge in [-0.25, -0.2) is 0 Å². The van der Waals surface area contributed by atoms with E-state index in [-0.39, 0.29) is 24.3 Å². The van der Waals surface area contributed by atoms with Crippen LogP contribution in [-0.4, -0.2) is 34.2 Å². The lowest BCUT2D eigenvalue weighted by Crippen LogP contribution is -2.62. The topological polar surface area (TPSA) is 91.7 Å². The summed E-state index contributed by atoms with van der Waals surface area (Å²) >= 11 is 0. The van der Waals surface area contributed by atoms with Gasteiger partial charge in [0.2, 0.25) is 17.7 Å². The van der Waals surface area contributed by atoms with Crippen molar-refractivity contribution < 1.29 is 18.8 Å². The number of amides is 3. The van der Waals surface area contributed by atoms with Crippen molar-refractivity contribution in [3.63, 3.8) is 0 Å². The maximum absolute atomic E-state index is 13.9. The Morgan fingerprint density at radius 2 is 1.84 bits per heavy atom. The van der Waals surface area contributed by atoms with Crippen molar-refractivity contribution in [2.24, 2.45) is 0 Å². The van der Waals surface area contributed by atoms with Crippen LogP contribution in [0, 0.1) is 13.8 Å². The molecule has 0 bridgehead atoms. The first-order chi connectivity index (χ1) is 15.4. The fourth-order valence-electron chi connectivity index (χ4n) is 4.98. The van der Waals surface area contributed by atoms with Gasteiger partial charge in [0.05, 0.1) is 12.8 Å². The second kappa shape index (κ2) is 9.18. The lowest BCUT2D eigenvalue weighted by molar-refractivity contribution is -0.151. The van der Waals surface area contributed by atoms with Crippen LogP contribution in [0.3, 0.4) is 0 Å². The highest BCUT2D eigenvalue weighted by molar-refractivity contribution is 6.02. The third kappa shape index (κ3) is 4.29. The Morgan fingerprint density at radius 1 is 1.12 bits per heavy atom. The lowest BCUT2D eigenvalue weighted by atomic mass is 9.78. The molecule has 2 N–H and O–H groups in total. The van der Waals surface area contributed by atoms with Gasteiger partial charge in [0.1, 0.15) is 17.3 Å². The minimum absolute atomic E-state index is 0.126. The number of nitrogens with zero attached hydrogens (tertiary/aromatic N) is 1. The van der Waals surface area contributed by atoms with E-state index in [1.807, 2.05) is 38.1 Å². The largest absolute Gasteiger partial charge is 0.467 e. The second-order valence-electron chi connectivity index (χ2n) is 8.98. The van der Waals surface area contributed by atoms with Crippen LogP contribution in [0.15, 0.2) is 41.0 Å². The van der Waals surface area contributed by atoms with E-state index in [9.17, 15) is 14.4 Å². The molecule has 7 heteroatoms. The molecule has 1 saturated heterocycles. The summed E-state index contributed by atoms with van der Waals surface area (Å²) in [6.45, 7) is 4.13. The molecular formula is C25H31N3O4. The van der Waals surface area contributed by atoms with E-state index in [2.05, 4.69) is 10.6 Å². The zero-order chi connectivity index (χ0) is 22.7. The first-order valence-corrected chi connectivity index (χ1v) is 11.4. The van der Waals surface area contributed by atoms with Gasteiger partial charge in [-0.1, -0.05) is 37.5 Å². The average molecular weight is 438 g/mol. The molecular weight excluding hydrogens is 406 g/mol. The van der Waals surface area contributed by atoms with Crippen LogP contribution < -0.4 is 10.6 Å². The Morgan fingerprint density at radius 3 is 2.44 bits per heavy atom. The Balaban J connectivity index is 1.71. The number of anilines is 1. The molecule has 1 aromatic carbocycles. The molecule has 1 saturated carbocycles. The van der Waals surface area contributed by atoms with Crippen molar-refractivity contribution in [3.8, 4) is 0 Å². The van der Waals surface area contributed by atoms with Gasteiger partial charge in [-0.05, 0) is 56.4 Å². The molecule has 170 valence electrons. The van der Waals surface area contributed by atoms with Crippen LogP contribution in [0.25, 0.3) is 0 Å². The summed E-state index contributed by atoms with van der Waals surface area (Å²) in [6, 6.07) is 8.88. The van der Waals surface area contributed by atoms with E-state index in [0.717, 1.165) is 36.1 Å². The lowest BCUT2D eigenvalue weighted by Gasteiger charge is -2.45. The highest BCUT2D eigenvalue weighted by Crippen LogP contribution is 2.38. The molecule has 1 aromatic heterocycles. The van der Waals surface area contributed by atoms with E-state index in [4.69, 9.17) is 4.42 Å². The third-order valence-corrected chi connectivity index (χ3v) is 6.79. The normalized spacial score (nSPS) is 19.9. The Labute approximate surface area is 188 Å². The number of nitrogens with one attached hydrogen (secondary N) is 2. The molecule has 1 aliphatic carbocycles. The van der Waals surface area contributed by atoms with E-state index in [1.165, 1.54) is 0 Å². The first kappa shape index (κ1) is 22.1. The number of hydrogen-bond acceptors (Lipinski definition) is 4. The zero-order valence-corrected chi connectivity index (χ0v) is 18.8. The summed E-state index contributed by atoms with van der Waals surface area (Å²) in [4.78, 5) is 41.1. The molecule has 1 aliphatic heterocycles.